The summed E-state index contributed by atoms with van der Waals surface area (Å²) >= 11 is 0. The first kappa shape index (κ1) is 18.7. The molecule has 1 aliphatic carbocycles. The zero-order valence-corrected chi connectivity index (χ0v) is 15.3. The molecule has 24 heavy (non-hydrogen) atoms. The lowest BCUT2D eigenvalue weighted by Gasteiger charge is -2.23. The third-order valence-electron chi connectivity index (χ3n) is 4.29. The smallest absolute Gasteiger partial charge is 0.123 e. The van der Waals surface area contributed by atoms with E-state index in [0.29, 0.717) is 18.4 Å². The van der Waals surface area contributed by atoms with E-state index in [9.17, 15) is 4.39 Å². The molecule has 0 unspecified atom stereocenters. The molecule has 1 aromatic rings. The van der Waals surface area contributed by atoms with Crippen LogP contribution < -0.4 is 0 Å². The summed E-state index contributed by atoms with van der Waals surface area (Å²) in [6.07, 6.45) is 5.40. The van der Waals surface area contributed by atoms with E-state index in [1.165, 1.54) is 17.7 Å². The predicted molar refractivity (Wildman–Crippen MR) is 98.5 cm³/mol. The fourth-order valence-corrected chi connectivity index (χ4v) is 3.14. The molecule has 2 rings (SSSR count). The second kappa shape index (κ2) is 8.97. The number of hydrogen-bond donors (Lipinski definition) is 0. The fraction of sp³-hybridized carbons (Fsp3) is 0.550. The molecule has 3 nitrogen and oxygen atoms in total. The summed E-state index contributed by atoms with van der Waals surface area (Å²) in [6.45, 7) is 5.97. The van der Waals surface area contributed by atoms with Crippen LogP contribution in [0.25, 0.3) is 6.08 Å². The molecule has 2 atom stereocenters. The highest BCUT2D eigenvalue weighted by molar-refractivity contribution is 6.05. The van der Waals surface area contributed by atoms with Gasteiger partial charge >= 0.3 is 0 Å². The zero-order valence-electron chi connectivity index (χ0n) is 15.3. The molecule has 1 aliphatic rings. The number of rotatable bonds is 6. The van der Waals surface area contributed by atoms with E-state index in [0.717, 1.165) is 37.1 Å². The lowest BCUT2D eigenvalue weighted by Crippen LogP contribution is -2.23. The summed E-state index contributed by atoms with van der Waals surface area (Å²) in [5.41, 5.74) is 3.26. The van der Waals surface area contributed by atoms with Gasteiger partial charge in [0.25, 0.3) is 0 Å². The quantitative estimate of drug-likeness (QED) is 0.711. The molecule has 132 valence electrons. The molecule has 0 bridgehead atoms. The second-order valence-electron chi connectivity index (χ2n) is 7.15. The third-order valence-corrected chi connectivity index (χ3v) is 4.29. The highest BCUT2D eigenvalue weighted by atomic mass is 19.1. The van der Waals surface area contributed by atoms with Crippen molar-refractivity contribution < 1.29 is 9.23 Å². The average molecular weight is 332 g/mol. The van der Waals surface area contributed by atoms with Crippen molar-refractivity contribution in [2.24, 2.45) is 17.0 Å². The van der Waals surface area contributed by atoms with Gasteiger partial charge in [-0.3, -0.25) is 0 Å². The lowest BCUT2D eigenvalue weighted by atomic mass is 9.84. The summed E-state index contributed by atoms with van der Waals surface area (Å²) < 4.78 is 13.1. The van der Waals surface area contributed by atoms with E-state index in [4.69, 9.17) is 4.84 Å². The van der Waals surface area contributed by atoms with Crippen molar-refractivity contribution in [1.82, 2.24) is 4.90 Å². The van der Waals surface area contributed by atoms with E-state index >= 15 is 0 Å². The fourth-order valence-electron chi connectivity index (χ4n) is 3.14. The Morgan fingerprint density at radius 3 is 2.71 bits per heavy atom. The average Bonchev–Trinajstić information content (AvgIpc) is 2.51. The van der Waals surface area contributed by atoms with Crippen molar-refractivity contribution in [1.29, 1.82) is 0 Å². The normalized spacial score (nSPS) is 23.0. The first-order valence-electron chi connectivity index (χ1n) is 8.76. The molecule has 1 aromatic carbocycles. The molecular weight excluding hydrogens is 303 g/mol. The van der Waals surface area contributed by atoms with Gasteiger partial charge in [0, 0.05) is 18.4 Å². The minimum atomic E-state index is -0.207. The van der Waals surface area contributed by atoms with E-state index in [-0.39, 0.29) is 5.82 Å². The second-order valence-corrected chi connectivity index (χ2v) is 7.15. The zero-order chi connectivity index (χ0) is 17.5. The van der Waals surface area contributed by atoms with Gasteiger partial charge in [0.15, 0.2) is 0 Å². The molecule has 0 aliphatic heterocycles. The van der Waals surface area contributed by atoms with Gasteiger partial charge in [0.1, 0.15) is 12.4 Å². The van der Waals surface area contributed by atoms with Crippen molar-refractivity contribution >= 4 is 11.8 Å². The van der Waals surface area contributed by atoms with Crippen molar-refractivity contribution in [3.05, 3.63) is 41.2 Å². The number of oxime groups is 1. The van der Waals surface area contributed by atoms with Gasteiger partial charge in [-0.1, -0.05) is 31.1 Å². The van der Waals surface area contributed by atoms with Crippen LogP contribution in [0.5, 0.6) is 0 Å². The Hall–Kier alpha value is -1.68. The molecule has 0 aromatic heterocycles. The van der Waals surface area contributed by atoms with Gasteiger partial charge in [-0.25, -0.2) is 4.39 Å². The van der Waals surface area contributed by atoms with Crippen LogP contribution in [0.2, 0.25) is 0 Å². The van der Waals surface area contributed by atoms with Crippen molar-refractivity contribution in [2.45, 2.75) is 33.1 Å². The molecule has 0 N–H and O–H groups in total. The maximum Gasteiger partial charge on any atom is 0.123 e. The minimum absolute atomic E-state index is 0.207. The van der Waals surface area contributed by atoms with Crippen molar-refractivity contribution in [2.75, 3.05) is 27.2 Å². The lowest BCUT2D eigenvalue weighted by molar-refractivity contribution is 0.100. The first-order valence-corrected chi connectivity index (χ1v) is 8.76. The van der Waals surface area contributed by atoms with E-state index in [1.54, 1.807) is 12.1 Å². The maximum atomic E-state index is 13.1. The molecular formula is C20H29FN2O. The van der Waals surface area contributed by atoms with E-state index in [2.05, 4.69) is 44.1 Å². The van der Waals surface area contributed by atoms with Gasteiger partial charge in [-0.15, -0.1) is 0 Å². The highest BCUT2D eigenvalue weighted by Gasteiger charge is 2.21. The Balaban J connectivity index is 2.08. The van der Waals surface area contributed by atoms with Crippen LogP contribution in [-0.4, -0.2) is 37.9 Å². The van der Waals surface area contributed by atoms with Crippen molar-refractivity contribution in [3.63, 3.8) is 0 Å². The number of hydrogen-bond acceptors (Lipinski definition) is 3. The van der Waals surface area contributed by atoms with Crippen LogP contribution in [0.4, 0.5) is 4.39 Å². The van der Waals surface area contributed by atoms with Crippen LogP contribution in [-0.2, 0) is 4.84 Å². The van der Waals surface area contributed by atoms with Gasteiger partial charge < -0.3 is 9.74 Å². The van der Waals surface area contributed by atoms with E-state index in [1.807, 2.05) is 0 Å². The predicted octanol–water partition coefficient (Wildman–Crippen LogP) is 4.60. The van der Waals surface area contributed by atoms with Crippen LogP contribution in [0.3, 0.4) is 0 Å². The molecule has 0 spiro atoms. The molecule has 0 radical (unpaired) electrons. The maximum absolute atomic E-state index is 13.1. The summed E-state index contributed by atoms with van der Waals surface area (Å²) in [4.78, 5) is 7.81. The van der Waals surface area contributed by atoms with Gasteiger partial charge in [0.2, 0.25) is 0 Å². The number of halogens is 1. The number of nitrogens with zero attached hydrogens (tertiary/aromatic N) is 2. The Morgan fingerprint density at radius 2 is 2.04 bits per heavy atom. The molecule has 0 heterocycles. The van der Waals surface area contributed by atoms with Crippen LogP contribution in [0.15, 0.2) is 35.0 Å². The minimum Gasteiger partial charge on any atom is -0.395 e. The molecule has 4 heteroatoms. The molecule has 0 amide bonds. The Bertz CT molecular complexity index is 578. The summed E-state index contributed by atoms with van der Waals surface area (Å²) in [6, 6.07) is 6.60. The van der Waals surface area contributed by atoms with Gasteiger partial charge in [-0.2, -0.15) is 0 Å². The first-order chi connectivity index (χ1) is 11.5. The SMILES string of the molecule is C[C@H](CON=C1C(=Cc2ccc(F)cc2)CCC[C@H]1C)CN(C)C. The van der Waals surface area contributed by atoms with Crippen LogP contribution in [0.1, 0.15) is 38.7 Å². The monoisotopic (exact) mass is 332 g/mol. The molecule has 1 saturated carbocycles. The van der Waals surface area contributed by atoms with E-state index < -0.39 is 0 Å². The standard InChI is InChI=1S/C20H29FN2O/c1-15(13-23(3)4)14-24-22-20-16(2)6-5-7-18(20)12-17-8-10-19(21)11-9-17/h8-12,15-16H,5-7,13-14H2,1-4H3/t15-,16+/m0/s1. The molecule has 1 fully saturated rings. The topological polar surface area (TPSA) is 24.8 Å². The molecule has 0 saturated heterocycles. The van der Waals surface area contributed by atoms with Crippen LogP contribution in [0, 0.1) is 17.7 Å². The highest BCUT2D eigenvalue weighted by Crippen LogP contribution is 2.28. The van der Waals surface area contributed by atoms with Crippen LogP contribution >= 0.6 is 0 Å². The number of allylic oxidation sites excluding steroid dienone is 1. The largest absolute Gasteiger partial charge is 0.395 e. The Labute approximate surface area is 145 Å². The third kappa shape index (κ3) is 5.75. The summed E-state index contributed by atoms with van der Waals surface area (Å²) in [5, 5.41) is 4.46. The number of benzene rings is 1. The Kier molecular flexibility index (Phi) is 6.98. The van der Waals surface area contributed by atoms with Crippen molar-refractivity contribution in [3.8, 4) is 0 Å². The van der Waals surface area contributed by atoms with Gasteiger partial charge in [0.05, 0.1) is 5.71 Å². The summed E-state index contributed by atoms with van der Waals surface area (Å²) in [5.74, 6) is 0.628. The van der Waals surface area contributed by atoms with Gasteiger partial charge in [-0.05, 0) is 62.7 Å². The summed E-state index contributed by atoms with van der Waals surface area (Å²) in [7, 11) is 4.13. The Morgan fingerprint density at radius 1 is 1.33 bits per heavy atom.